The highest BCUT2D eigenvalue weighted by Crippen LogP contribution is 2.56. The average molecular weight is 405 g/mol. The van der Waals surface area contributed by atoms with Crippen molar-refractivity contribution in [1.29, 1.82) is 0 Å². The Balaban J connectivity index is 1.35. The van der Waals surface area contributed by atoms with Gasteiger partial charge in [-0.15, -0.1) is 0 Å². The molecule has 0 spiro atoms. The SMILES string of the molecule is C[C@@H](C(=O)OCC(=O)Nc1ccccc1Cl)N1C(=O)[C@@H]2[C@@H]3CC[C@H](C3)[C@@H]2C1=O. The second kappa shape index (κ2) is 7.20. The molecule has 3 fully saturated rings. The minimum absolute atomic E-state index is 0.251. The van der Waals surface area contributed by atoms with E-state index in [0.29, 0.717) is 10.7 Å². The fourth-order valence-electron chi connectivity index (χ4n) is 4.93. The van der Waals surface area contributed by atoms with E-state index < -0.39 is 24.5 Å². The van der Waals surface area contributed by atoms with Crippen LogP contribution in [0.2, 0.25) is 5.02 Å². The van der Waals surface area contributed by atoms with Crippen molar-refractivity contribution >= 4 is 41.0 Å². The fourth-order valence-corrected chi connectivity index (χ4v) is 5.11. The summed E-state index contributed by atoms with van der Waals surface area (Å²) < 4.78 is 5.04. The molecule has 0 unspecified atom stereocenters. The summed E-state index contributed by atoms with van der Waals surface area (Å²) >= 11 is 5.97. The van der Waals surface area contributed by atoms with Crippen LogP contribution in [0.25, 0.3) is 0 Å². The van der Waals surface area contributed by atoms with Gasteiger partial charge in [-0.1, -0.05) is 23.7 Å². The Hall–Kier alpha value is -2.41. The Bertz CT molecular complexity index is 829. The standard InChI is InChI=1S/C20H21ClN2O5/c1-10(20(27)28-9-15(24)22-14-5-3-2-4-13(14)21)23-18(25)16-11-6-7-12(8-11)17(16)19(23)26/h2-5,10-12,16-17H,6-9H2,1H3,(H,22,24)/t10-,11+,12+,16-,17+/m0/s1. The van der Waals surface area contributed by atoms with Crippen molar-refractivity contribution in [2.45, 2.75) is 32.2 Å². The molecule has 1 aromatic carbocycles. The molecule has 0 radical (unpaired) electrons. The number of ether oxygens (including phenoxy) is 1. The van der Waals surface area contributed by atoms with Crippen molar-refractivity contribution in [1.82, 2.24) is 4.90 Å². The van der Waals surface area contributed by atoms with E-state index in [9.17, 15) is 19.2 Å². The van der Waals surface area contributed by atoms with Gasteiger partial charge in [-0.2, -0.15) is 0 Å². The van der Waals surface area contributed by atoms with E-state index >= 15 is 0 Å². The van der Waals surface area contributed by atoms with Crippen molar-refractivity contribution in [2.24, 2.45) is 23.7 Å². The number of hydrogen-bond acceptors (Lipinski definition) is 5. The number of esters is 1. The number of amides is 3. The number of anilines is 1. The molecule has 1 N–H and O–H groups in total. The molecule has 2 bridgehead atoms. The minimum atomic E-state index is -1.04. The molecule has 0 aromatic heterocycles. The van der Waals surface area contributed by atoms with Crippen LogP contribution < -0.4 is 5.32 Å². The van der Waals surface area contributed by atoms with Crippen LogP contribution in [0.1, 0.15) is 26.2 Å². The molecule has 1 heterocycles. The zero-order valence-electron chi connectivity index (χ0n) is 15.4. The van der Waals surface area contributed by atoms with Gasteiger partial charge in [0.2, 0.25) is 11.8 Å². The third-order valence-electron chi connectivity index (χ3n) is 6.18. The number of benzene rings is 1. The highest BCUT2D eigenvalue weighted by atomic mass is 35.5. The number of hydrogen-bond donors (Lipinski definition) is 1. The Morgan fingerprint density at radius 1 is 1.18 bits per heavy atom. The number of imide groups is 1. The molecular weight excluding hydrogens is 384 g/mol. The van der Waals surface area contributed by atoms with Gasteiger partial charge in [-0.05, 0) is 50.2 Å². The second-order valence-corrected chi connectivity index (χ2v) is 8.15. The number of likely N-dealkylation sites (tertiary alicyclic amines) is 1. The highest BCUT2D eigenvalue weighted by molar-refractivity contribution is 6.33. The van der Waals surface area contributed by atoms with Crippen LogP contribution in [0.15, 0.2) is 24.3 Å². The Morgan fingerprint density at radius 3 is 2.39 bits per heavy atom. The largest absolute Gasteiger partial charge is 0.454 e. The predicted molar refractivity (Wildman–Crippen MR) is 100 cm³/mol. The molecule has 148 valence electrons. The molecule has 3 aliphatic rings. The van der Waals surface area contributed by atoms with E-state index in [4.69, 9.17) is 16.3 Å². The number of nitrogens with one attached hydrogen (secondary N) is 1. The van der Waals surface area contributed by atoms with Crippen LogP contribution in [-0.2, 0) is 23.9 Å². The maximum absolute atomic E-state index is 12.8. The van der Waals surface area contributed by atoms with Gasteiger partial charge in [0.15, 0.2) is 6.61 Å². The average Bonchev–Trinajstić information content (AvgIpc) is 3.35. The molecule has 1 aromatic rings. The van der Waals surface area contributed by atoms with E-state index in [2.05, 4.69) is 5.32 Å². The summed E-state index contributed by atoms with van der Waals surface area (Å²) in [5.41, 5.74) is 0.409. The van der Waals surface area contributed by atoms with Gasteiger partial charge in [0.25, 0.3) is 5.91 Å². The van der Waals surface area contributed by atoms with Crippen LogP contribution >= 0.6 is 11.6 Å². The summed E-state index contributed by atoms with van der Waals surface area (Å²) in [5, 5.41) is 2.91. The molecule has 2 aliphatic carbocycles. The lowest BCUT2D eigenvalue weighted by atomic mass is 9.81. The number of halogens is 1. The van der Waals surface area contributed by atoms with E-state index in [1.165, 1.54) is 6.92 Å². The van der Waals surface area contributed by atoms with Gasteiger partial charge in [0.05, 0.1) is 22.5 Å². The van der Waals surface area contributed by atoms with Crippen LogP contribution in [0.4, 0.5) is 5.69 Å². The normalized spacial score (nSPS) is 29.0. The highest BCUT2D eigenvalue weighted by Gasteiger charge is 2.62. The van der Waals surface area contributed by atoms with Gasteiger partial charge in [-0.25, -0.2) is 4.79 Å². The number of para-hydroxylation sites is 1. The third-order valence-corrected chi connectivity index (χ3v) is 6.51. The number of carbonyl (C=O) groups is 4. The molecule has 7 nitrogen and oxygen atoms in total. The second-order valence-electron chi connectivity index (χ2n) is 7.74. The quantitative estimate of drug-likeness (QED) is 0.600. The number of rotatable bonds is 5. The summed E-state index contributed by atoms with van der Waals surface area (Å²) in [6.45, 7) is 0.940. The summed E-state index contributed by atoms with van der Waals surface area (Å²) in [6.07, 6.45) is 2.88. The summed E-state index contributed by atoms with van der Waals surface area (Å²) in [7, 11) is 0. The van der Waals surface area contributed by atoms with E-state index in [1.807, 2.05) is 0 Å². The summed E-state index contributed by atoms with van der Waals surface area (Å²) in [6, 6.07) is 5.65. The topological polar surface area (TPSA) is 92.8 Å². The van der Waals surface area contributed by atoms with Crippen LogP contribution in [0, 0.1) is 23.7 Å². The van der Waals surface area contributed by atoms with Crippen LogP contribution in [-0.4, -0.2) is 41.2 Å². The molecule has 1 saturated heterocycles. The predicted octanol–water partition coefficient (Wildman–Crippen LogP) is 2.24. The molecule has 2 saturated carbocycles. The zero-order chi connectivity index (χ0) is 20.0. The van der Waals surface area contributed by atoms with Gasteiger partial charge in [0.1, 0.15) is 6.04 Å². The summed E-state index contributed by atoms with van der Waals surface area (Å²) in [5.74, 6) is -1.94. The minimum Gasteiger partial charge on any atom is -0.454 e. The van der Waals surface area contributed by atoms with Gasteiger partial charge in [-0.3, -0.25) is 19.3 Å². The molecule has 4 rings (SSSR count). The first kappa shape index (κ1) is 18.9. The Kier molecular flexibility index (Phi) is 4.87. The first-order chi connectivity index (χ1) is 13.4. The van der Waals surface area contributed by atoms with Crippen molar-refractivity contribution < 1.29 is 23.9 Å². The number of fused-ring (bicyclic) bond motifs is 5. The Labute approximate surface area is 167 Å². The smallest absolute Gasteiger partial charge is 0.329 e. The third kappa shape index (κ3) is 3.07. The molecule has 3 amide bonds. The van der Waals surface area contributed by atoms with E-state index in [0.717, 1.165) is 24.2 Å². The van der Waals surface area contributed by atoms with E-state index in [1.54, 1.807) is 24.3 Å². The lowest BCUT2D eigenvalue weighted by Crippen LogP contribution is -2.45. The molecule has 5 atom stereocenters. The molecule has 8 heteroatoms. The van der Waals surface area contributed by atoms with Crippen LogP contribution in [0.5, 0.6) is 0 Å². The number of nitrogens with zero attached hydrogens (tertiary/aromatic N) is 1. The lowest BCUT2D eigenvalue weighted by Gasteiger charge is -2.23. The molecular formula is C20H21ClN2O5. The maximum atomic E-state index is 12.8. The van der Waals surface area contributed by atoms with Crippen molar-refractivity contribution in [3.8, 4) is 0 Å². The van der Waals surface area contributed by atoms with Crippen molar-refractivity contribution in [3.63, 3.8) is 0 Å². The van der Waals surface area contributed by atoms with Crippen molar-refractivity contribution in [2.75, 3.05) is 11.9 Å². The first-order valence-electron chi connectivity index (χ1n) is 9.46. The molecule has 1 aliphatic heterocycles. The lowest BCUT2D eigenvalue weighted by molar-refractivity contribution is -0.159. The Morgan fingerprint density at radius 2 is 1.79 bits per heavy atom. The summed E-state index contributed by atoms with van der Waals surface area (Å²) in [4.78, 5) is 50.9. The van der Waals surface area contributed by atoms with E-state index in [-0.39, 0.29) is 35.5 Å². The van der Waals surface area contributed by atoms with Gasteiger partial charge in [0, 0.05) is 0 Å². The maximum Gasteiger partial charge on any atom is 0.329 e. The van der Waals surface area contributed by atoms with Gasteiger partial charge < -0.3 is 10.1 Å². The van der Waals surface area contributed by atoms with Crippen molar-refractivity contribution in [3.05, 3.63) is 29.3 Å². The molecule has 28 heavy (non-hydrogen) atoms. The monoisotopic (exact) mass is 404 g/mol. The number of carbonyl (C=O) groups excluding carboxylic acids is 4. The van der Waals surface area contributed by atoms with Gasteiger partial charge >= 0.3 is 5.97 Å². The fraction of sp³-hybridized carbons (Fsp3) is 0.500. The van der Waals surface area contributed by atoms with Crippen LogP contribution in [0.3, 0.4) is 0 Å². The first-order valence-corrected chi connectivity index (χ1v) is 9.84. The zero-order valence-corrected chi connectivity index (χ0v) is 16.1.